The first kappa shape index (κ1) is 15.5. The third kappa shape index (κ3) is 4.54. The van der Waals surface area contributed by atoms with Crippen molar-refractivity contribution in [3.63, 3.8) is 0 Å². The van der Waals surface area contributed by atoms with Crippen LogP contribution in [0.1, 0.15) is 17.5 Å². The maximum Gasteiger partial charge on any atom is 0.238 e. The summed E-state index contributed by atoms with van der Waals surface area (Å²) in [5.41, 5.74) is 4.19. The van der Waals surface area contributed by atoms with Gasteiger partial charge in [0.25, 0.3) is 0 Å². The van der Waals surface area contributed by atoms with Gasteiger partial charge >= 0.3 is 0 Å². The zero-order valence-corrected chi connectivity index (χ0v) is 12.3. The molecule has 0 spiro atoms. The second-order valence-electron chi connectivity index (χ2n) is 5.44. The first-order valence-corrected chi connectivity index (χ1v) is 7.12. The molecule has 0 aromatic heterocycles. The van der Waals surface area contributed by atoms with Crippen LogP contribution in [-0.4, -0.2) is 48.3 Å². The van der Waals surface area contributed by atoms with E-state index in [-0.39, 0.29) is 18.2 Å². The summed E-state index contributed by atoms with van der Waals surface area (Å²) < 4.78 is 0. The van der Waals surface area contributed by atoms with E-state index in [1.807, 2.05) is 31.3 Å². The molecule has 0 aliphatic carbocycles. The minimum absolute atomic E-state index is 0.170. The molecular formula is C15H22N4O2. The zero-order chi connectivity index (χ0) is 15.2. The van der Waals surface area contributed by atoms with Crippen LogP contribution in [0.25, 0.3) is 0 Å². The predicted octanol–water partition coefficient (Wildman–Crippen LogP) is -0.117. The summed E-state index contributed by atoms with van der Waals surface area (Å²) in [5.74, 6) is 5.04. The van der Waals surface area contributed by atoms with Gasteiger partial charge in [-0.25, -0.2) is 5.84 Å². The molecule has 1 heterocycles. The van der Waals surface area contributed by atoms with Crippen LogP contribution in [0.2, 0.25) is 0 Å². The number of hydrazine groups is 1. The molecular weight excluding hydrogens is 268 g/mol. The fourth-order valence-corrected chi connectivity index (χ4v) is 2.44. The van der Waals surface area contributed by atoms with E-state index in [9.17, 15) is 9.59 Å². The molecule has 0 unspecified atom stereocenters. The minimum Gasteiger partial charge on any atom is -0.345 e. The molecule has 1 aromatic carbocycles. The number of carbonyl (C=O) groups excluding carboxylic acids is 2. The Morgan fingerprint density at radius 3 is 2.57 bits per heavy atom. The Kier molecular flexibility index (Phi) is 5.30. The van der Waals surface area contributed by atoms with Crippen LogP contribution in [0.4, 0.5) is 0 Å². The standard InChI is InChI=1S/C15H22N4O2/c1-18-7-2-8-19(11-15(18)21)10-13-5-3-12(4-6-13)9-14(20)17-16/h3-6H,2,7-11,16H2,1H3,(H,17,20). The topological polar surface area (TPSA) is 78.7 Å². The number of nitrogens with one attached hydrogen (secondary N) is 1. The largest absolute Gasteiger partial charge is 0.345 e. The molecule has 21 heavy (non-hydrogen) atoms. The summed E-state index contributed by atoms with van der Waals surface area (Å²) in [7, 11) is 1.85. The summed E-state index contributed by atoms with van der Waals surface area (Å²) in [6, 6.07) is 7.85. The third-order valence-electron chi connectivity index (χ3n) is 3.71. The van der Waals surface area contributed by atoms with Crippen molar-refractivity contribution < 1.29 is 9.59 Å². The smallest absolute Gasteiger partial charge is 0.238 e. The predicted molar refractivity (Wildman–Crippen MR) is 80.0 cm³/mol. The SMILES string of the molecule is CN1CCCN(Cc2ccc(CC(=O)NN)cc2)CC1=O. The van der Waals surface area contributed by atoms with Crippen molar-refractivity contribution in [1.82, 2.24) is 15.2 Å². The molecule has 6 heteroatoms. The number of carbonyl (C=O) groups is 2. The van der Waals surface area contributed by atoms with E-state index in [2.05, 4.69) is 10.3 Å². The van der Waals surface area contributed by atoms with Crippen molar-refractivity contribution in [3.05, 3.63) is 35.4 Å². The third-order valence-corrected chi connectivity index (χ3v) is 3.71. The lowest BCUT2D eigenvalue weighted by molar-refractivity contribution is -0.130. The Hall–Kier alpha value is -1.92. The summed E-state index contributed by atoms with van der Waals surface area (Å²) in [4.78, 5) is 27.0. The lowest BCUT2D eigenvalue weighted by atomic mass is 10.1. The van der Waals surface area contributed by atoms with Gasteiger partial charge in [0.2, 0.25) is 11.8 Å². The molecule has 1 aromatic rings. The summed E-state index contributed by atoms with van der Waals surface area (Å²) in [5, 5.41) is 0. The van der Waals surface area contributed by atoms with E-state index in [1.165, 1.54) is 0 Å². The lowest BCUT2D eigenvalue weighted by Gasteiger charge is -2.19. The second kappa shape index (κ2) is 7.19. The van der Waals surface area contributed by atoms with Gasteiger partial charge < -0.3 is 4.90 Å². The van der Waals surface area contributed by atoms with Crippen molar-refractivity contribution in [2.24, 2.45) is 5.84 Å². The van der Waals surface area contributed by atoms with Crippen LogP contribution in [0.3, 0.4) is 0 Å². The fraction of sp³-hybridized carbons (Fsp3) is 0.467. The highest BCUT2D eigenvalue weighted by molar-refractivity contribution is 5.78. The van der Waals surface area contributed by atoms with Crippen molar-refractivity contribution in [2.45, 2.75) is 19.4 Å². The zero-order valence-electron chi connectivity index (χ0n) is 12.3. The second-order valence-corrected chi connectivity index (χ2v) is 5.44. The van der Waals surface area contributed by atoms with Crippen LogP contribution in [-0.2, 0) is 22.6 Å². The van der Waals surface area contributed by atoms with E-state index in [1.54, 1.807) is 4.90 Å². The molecule has 2 rings (SSSR count). The average Bonchev–Trinajstić information content (AvgIpc) is 2.63. The Morgan fingerprint density at radius 2 is 1.90 bits per heavy atom. The van der Waals surface area contributed by atoms with E-state index in [0.29, 0.717) is 6.54 Å². The van der Waals surface area contributed by atoms with Crippen LogP contribution in [0, 0.1) is 0 Å². The quantitative estimate of drug-likeness (QED) is 0.460. The molecule has 1 aliphatic rings. The first-order chi connectivity index (χ1) is 10.1. The van der Waals surface area contributed by atoms with E-state index in [0.717, 1.165) is 37.2 Å². The Labute approximate surface area is 124 Å². The van der Waals surface area contributed by atoms with Crippen molar-refractivity contribution in [2.75, 3.05) is 26.7 Å². The number of rotatable bonds is 4. The molecule has 3 N–H and O–H groups in total. The van der Waals surface area contributed by atoms with Gasteiger partial charge in [-0.1, -0.05) is 24.3 Å². The highest BCUT2D eigenvalue weighted by Gasteiger charge is 2.18. The summed E-state index contributed by atoms with van der Waals surface area (Å²) in [6.45, 7) is 2.96. The number of likely N-dealkylation sites (N-methyl/N-ethyl adjacent to an activating group) is 1. The molecule has 6 nitrogen and oxygen atoms in total. The lowest BCUT2D eigenvalue weighted by Crippen LogP contribution is -2.34. The molecule has 0 radical (unpaired) electrons. The van der Waals surface area contributed by atoms with Gasteiger partial charge in [-0.3, -0.25) is 19.9 Å². The van der Waals surface area contributed by atoms with Gasteiger partial charge in [0.1, 0.15) is 0 Å². The summed E-state index contributed by atoms with van der Waals surface area (Å²) >= 11 is 0. The van der Waals surface area contributed by atoms with Crippen molar-refractivity contribution >= 4 is 11.8 Å². The van der Waals surface area contributed by atoms with Gasteiger partial charge in [0, 0.05) is 26.7 Å². The molecule has 1 saturated heterocycles. The fourth-order valence-electron chi connectivity index (χ4n) is 2.44. The van der Waals surface area contributed by atoms with Crippen LogP contribution < -0.4 is 11.3 Å². The number of hydrogen-bond donors (Lipinski definition) is 2. The van der Waals surface area contributed by atoms with Gasteiger partial charge in [-0.05, 0) is 17.5 Å². The number of amides is 2. The highest BCUT2D eigenvalue weighted by Crippen LogP contribution is 2.11. The molecule has 0 saturated carbocycles. The molecule has 114 valence electrons. The maximum absolute atomic E-state index is 11.9. The van der Waals surface area contributed by atoms with Gasteiger partial charge in [-0.15, -0.1) is 0 Å². The molecule has 1 fully saturated rings. The molecule has 2 amide bonds. The first-order valence-electron chi connectivity index (χ1n) is 7.12. The van der Waals surface area contributed by atoms with Gasteiger partial charge in [-0.2, -0.15) is 0 Å². The van der Waals surface area contributed by atoms with Crippen LogP contribution in [0.15, 0.2) is 24.3 Å². The Balaban J connectivity index is 1.93. The molecule has 0 atom stereocenters. The highest BCUT2D eigenvalue weighted by atomic mass is 16.2. The van der Waals surface area contributed by atoms with Crippen LogP contribution in [0.5, 0.6) is 0 Å². The minimum atomic E-state index is -0.205. The number of benzene rings is 1. The van der Waals surface area contributed by atoms with E-state index in [4.69, 9.17) is 5.84 Å². The van der Waals surface area contributed by atoms with Gasteiger partial charge in [0.15, 0.2) is 0 Å². The number of nitrogens with zero attached hydrogens (tertiary/aromatic N) is 2. The molecule has 1 aliphatic heterocycles. The normalized spacial score (nSPS) is 16.7. The average molecular weight is 290 g/mol. The number of hydrogen-bond acceptors (Lipinski definition) is 4. The molecule has 0 bridgehead atoms. The van der Waals surface area contributed by atoms with E-state index >= 15 is 0 Å². The Bertz CT molecular complexity index is 501. The monoisotopic (exact) mass is 290 g/mol. The van der Waals surface area contributed by atoms with E-state index < -0.39 is 0 Å². The Morgan fingerprint density at radius 1 is 1.24 bits per heavy atom. The van der Waals surface area contributed by atoms with Crippen molar-refractivity contribution in [1.29, 1.82) is 0 Å². The number of nitrogens with two attached hydrogens (primary N) is 1. The van der Waals surface area contributed by atoms with Gasteiger partial charge in [0.05, 0.1) is 13.0 Å². The van der Waals surface area contributed by atoms with Crippen molar-refractivity contribution in [3.8, 4) is 0 Å². The van der Waals surface area contributed by atoms with Crippen LogP contribution >= 0.6 is 0 Å². The summed E-state index contributed by atoms with van der Waals surface area (Å²) in [6.07, 6.45) is 1.28. The maximum atomic E-state index is 11.9.